The Labute approximate surface area is 282 Å². The van der Waals surface area contributed by atoms with Gasteiger partial charge >= 0.3 is 0 Å². The van der Waals surface area contributed by atoms with Gasteiger partial charge in [-0.25, -0.2) is 0 Å². The first-order valence-electron chi connectivity index (χ1n) is 16.7. The second-order valence-corrected chi connectivity index (χ2v) is 13.2. The summed E-state index contributed by atoms with van der Waals surface area (Å²) in [6.07, 6.45) is 0.961. The van der Waals surface area contributed by atoms with E-state index in [0.717, 1.165) is 42.5 Å². The summed E-state index contributed by atoms with van der Waals surface area (Å²) in [6, 6.07) is 10.3. The van der Waals surface area contributed by atoms with E-state index in [0.29, 0.717) is 12.8 Å². The van der Waals surface area contributed by atoms with Crippen LogP contribution in [0.2, 0.25) is 0 Å². The average molecular weight is 666 g/mol. The highest BCUT2D eigenvalue weighted by Gasteiger charge is 2.34. The fourth-order valence-electron chi connectivity index (χ4n) is 5.57. The zero-order valence-electron chi connectivity index (χ0n) is 28.7. The Hall–Kier alpha value is -4.36. The summed E-state index contributed by atoms with van der Waals surface area (Å²) >= 11 is 0. The van der Waals surface area contributed by atoms with Crippen molar-refractivity contribution >= 4 is 46.1 Å². The predicted molar refractivity (Wildman–Crippen MR) is 184 cm³/mol. The lowest BCUT2D eigenvalue weighted by atomic mass is 9.93. The summed E-state index contributed by atoms with van der Waals surface area (Å²) in [5, 5.41) is 12.4. The van der Waals surface area contributed by atoms with Crippen LogP contribution in [0.25, 0.3) is 10.8 Å². The Morgan fingerprint density at radius 1 is 0.833 bits per heavy atom. The standard InChI is InChI=1S/C35H51N7O6/c1-6-23(4)31(40-34(47)28(17-22(2)3)39-30(44)21-42-15-13-41(5)14-16-42)32(45)35(48)37-20-29(43)38-27(33(36)46)19-24-11-12-25-9-7-8-10-26(25)18-24/h7-12,18,22-23,27-28,31H,6,13-17,19-21H2,1-5H3,(H2,36,46)(H,37,48)(H,38,43)(H,39,44)(H,40,47)/t23-,27?,28?,31?/m0/s1. The monoisotopic (exact) mass is 665 g/mol. The predicted octanol–water partition coefficient (Wildman–Crippen LogP) is 0.347. The fourth-order valence-corrected chi connectivity index (χ4v) is 5.57. The van der Waals surface area contributed by atoms with E-state index in [1.165, 1.54) is 0 Å². The van der Waals surface area contributed by atoms with Crippen LogP contribution in [0.5, 0.6) is 0 Å². The molecule has 13 nitrogen and oxygen atoms in total. The van der Waals surface area contributed by atoms with Gasteiger partial charge in [0.05, 0.1) is 19.1 Å². The van der Waals surface area contributed by atoms with Gasteiger partial charge in [-0.2, -0.15) is 0 Å². The number of hydrogen-bond acceptors (Lipinski definition) is 8. The van der Waals surface area contributed by atoms with Crippen molar-refractivity contribution in [1.82, 2.24) is 31.1 Å². The SMILES string of the molecule is CC[C@H](C)C(NC(=O)C(CC(C)C)NC(=O)CN1CCN(C)CC1)C(=O)C(=O)NCC(=O)NC(Cc1ccc2ccccc2c1)C(N)=O. The van der Waals surface area contributed by atoms with Crippen LogP contribution < -0.4 is 27.0 Å². The van der Waals surface area contributed by atoms with E-state index in [1.807, 2.05) is 75.2 Å². The molecule has 48 heavy (non-hydrogen) atoms. The van der Waals surface area contributed by atoms with Gasteiger partial charge in [0.15, 0.2) is 0 Å². The van der Waals surface area contributed by atoms with E-state index < -0.39 is 60.0 Å². The Morgan fingerprint density at radius 2 is 1.48 bits per heavy atom. The van der Waals surface area contributed by atoms with Crippen molar-refractivity contribution < 1.29 is 28.8 Å². The molecule has 1 aliphatic heterocycles. The van der Waals surface area contributed by atoms with Gasteiger partial charge in [-0.15, -0.1) is 0 Å². The molecule has 0 aromatic heterocycles. The maximum atomic E-state index is 13.4. The van der Waals surface area contributed by atoms with Crippen LogP contribution >= 0.6 is 0 Å². The van der Waals surface area contributed by atoms with Crippen LogP contribution in [0, 0.1) is 11.8 Å². The molecule has 1 aliphatic rings. The van der Waals surface area contributed by atoms with E-state index in [9.17, 15) is 28.8 Å². The molecule has 3 unspecified atom stereocenters. The molecule has 13 heteroatoms. The number of nitrogens with one attached hydrogen (secondary N) is 4. The van der Waals surface area contributed by atoms with E-state index in [4.69, 9.17) is 5.73 Å². The molecule has 0 bridgehead atoms. The zero-order chi connectivity index (χ0) is 35.4. The number of likely N-dealkylation sites (N-methyl/N-ethyl adjacent to an activating group) is 1. The van der Waals surface area contributed by atoms with Crippen molar-refractivity contribution in [2.24, 2.45) is 17.6 Å². The molecule has 262 valence electrons. The lowest BCUT2D eigenvalue weighted by molar-refractivity contribution is -0.142. The third kappa shape index (κ3) is 11.7. The van der Waals surface area contributed by atoms with E-state index in [2.05, 4.69) is 26.2 Å². The summed E-state index contributed by atoms with van der Waals surface area (Å²) in [7, 11) is 2.03. The molecule has 5 amide bonds. The van der Waals surface area contributed by atoms with Gasteiger partial charge in [0.1, 0.15) is 12.1 Å². The van der Waals surface area contributed by atoms with Crippen molar-refractivity contribution in [3.05, 3.63) is 48.0 Å². The Kier molecular flexibility index (Phi) is 14.5. The first-order chi connectivity index (χ1) is 22.8. The molecule has 0 saturated carbocycles. The summed E-state index contributed by atoms with van der Waals surface area (Å²) in [5.74, 6) is -4.61. The highest BCUT2D eigenvalue weighted by molar-refractivity contribution is 6.38. The third-order valence-corrected chi connectivity index (χ3v) is 8.68. The van der Waals surface area contributed by atoms with Crippen LogP contribution in [0.1, 0.15) is 46.1 Å². The van der Waals surface area contributed by atoms with Crippen LogP contribution in [0.4, 0.5) is 0 Å². The van der Waals surface area contributed by atoms with E-state index in [1.54, 1.807) is 6.92 Å². The fraction of sp³-hybridized carbons (Fsp3) is 0.543. The molecule has 2 aromatic rings. The molecule has 4 atom stereocenters. The van der Waals surface area contributed by atoms with Gasteiger partial charge in [0, 0.05) is 32.6 Å². The lowest BCUT2D eigenvalue weighted by Crippen LogP contribution is -2.57. The van der Waals surface area contributed by atoms with E-state index >= 15 is 0 Å². The number of rotatable bonds is 17. The van der Waals surface area contributed by atoms with Gasteiger partial charge in [-0.3, -0.25) is 33.7 Å². The summed E-state index contributed by atoms with van der Waals surface area (Å²) < 4.78 is 0. The minimum atomic E-state index is -1.18. The second-order valence-electron chi connectivity index (χ2n) is 13.2. The number of carbonyl (C=O) groups is 6. The Morgan fingerprint density at radius 3 is 2.10 bits per heavy atom. The van der Waals surface area contributed by atoms with Gasteiger partial charge in [-0.05, 0) is 41.6 Å². The summed E-state index contributed by atoms with van der Waals surface area (Å²) in [4.78, 5) is 81.6. The first kappa shape index (κ1) is 38.1. The minimum Gasteiger partial charge on any atom is -0.368 e. The summed E-state index contributed by atoms with van der Waals surface area (Å²) in [6.45, 7) is 10.2. The largest absolute Gasteiger partial charge is 0.368 e. The molecule has 3 rings (SSSR count). The van der Waals surface area contributed by atoms with E-state index in [-0.39, 0.29) is 24.8 Å². The summed E-state index contributed by atoms with van der Waals surface area (Å²) in [5.41, 5.74) is 6.34. The number of ketones is 1. The van der Waals surface area contributed by atoms with Crippen LogP contribution in [0.15, 0.2) is 42.5 Å². The maximum absolute atomic E-state index is 13.4. The minimum absolute atomic E-state index is 0.0645. The zero-order valence-corrected chi connectivity index (χ0v) is 28.7. The molecule has 6 N–H and O–H groups in total. The number of benzene rings is 2. The molecule has 0 radical (unpaired) electrons. The van der Waals surface area contributed by atoms with Crippen LogP contribution in [-0.2, 0) is 35.2 Å². The second kappa shape index (κ2) is 18.3. The number of primary amides is 1. The van der Waals surface area contributed by atoms with Gasteiger partial charge in [-0.1, -0.05) is 76.6 Å². The number of amides is 5. The number of hydrogen-bond donors (Lipinski definition) is 5. The maximum Gasteiger partial charge on any atom is 0.290 e. The lowest BCUT2D eigenvalue weighted by Gasteiger charge is -2.32. The smallest absolute Gasteiger partial charge is 0.290 e. The number of fused-ring (bicyclic) bond motifs is 1. The van der Waals surface area contributed by atoms with Crippen molar-refractivity contribution in [1.29, 1.82) is 0 Å². The average Bonchev–Trinajstić information content (AvgIpc) is 3.05. The molecular formula is C35H51N7O6. The molecular weight excluding hydrogens is 614 g/mol. The Bertz CT molecular complexity index is 1460. The quantitative estimate of drug-likeness (QED) is 0.150. The van der Waals surface area contributed by atoms with Crippen LogP contribution in [0.3, 0.4) is 0 Å². The van der Waals surface area contributed by atoms with Crippen molar-refractivity contribution in [3.63, 3.8) is 0 Å². The Balaban J connectivity index is 1.58. The molecule has 1 heterocycles. The van der Waals surface area contributed by atoms with Gasteiger partial charge in [0.25, 0.3) is 5.91 Å². The highest BCUT2D eigenvalue weighted by Crippen LogP contribution is 2.17. The number of carbonyl (C=O) groups excluding carboxylic acids is 6. The van der Waals surface area contributed by atoms with Gasteiger partial charge < -0.3 is 31.9 Å². The number of nitrogens with zero attached hydrogens (tertiary/aromatic N) is 2. The number of nitrogens with two attached hydrogens (primary N) is 1. The molecule has 1 saturated heterocycles. The first-order valence-corrected chi connectivity index (χ1v) is 16.7. The van der Waals surface area contributed by atoms with Crippen molar-refractivity contribution in [3.8, 4) is 0 Å². The van der Waals surface area contributed by atoms with Crippen LogP contribution in [-0.4, -0.2) is 110 Å². The topological polar surface area (TPSA) is 183 Å². The highest BCUT2D eigenvalue weighted by atomic mass is 16.2. The molecule has 1 fully saturated rings. The number of piperazine rings is 1. The van der Waals surface area contributed by atoms with Crippen molar-refractivity contribution in [2.75, 3.05) is 46.3 Å². The third-order valence-electron chi connectivity index (χ3n) is 8.68. The normalized spacial score (nSPS) is 16.4. The molecule has 0 aliphatic carbocycles. The van der Waals surface area contributed by atoms with Gasteiger partial charge in [0.2, 0.25) is 29.4 Å². The molecule has 2 aromatic carbocycles. The van der Waals surface area contributed by atoms with Crippen molar-refractivity contribution in [2.45, 2.75) is 65.1 Å². The molecule has 0 spiro atoms. The number of Topliss-reactive ketones (excluding diaryl/α,β-unsaturated/α-hetero) is 1.